The van der Waals surface area contributed by atoms with E-state index >= 15 is 0 Å². The summed E-state index contributed by atoms with van der Waals surface area (Å²) in [7, 11) is -4.15. The fourth-order valence-electron chi connectivity index (χ4n) is 3.95. The third kappa shape index (κ3) is 7.28. The lowest BCUT2D eigenvalue weighted by Gasteiger charge is -2.33. The number of hydrogen-bond acceptors (Lipinski definition) is 4. The van der Waals surface area contributed by atoms with Crippen LogP contribution < -0.4 is 9.62 Å². The summed E-state index contributed by atoms with van der Waals surface area (Å²) >= 11 is 12.4. The maximum absolute atomic E-state index is 13.9. The molecule has 1 unspecified atom stereocenters. The molecule has 7 nitrogen and oxygen atoms in total. The van der Waals surface area contributed by atoms with Gasteiger partial charge in [-0.05, 0) is 60.9 Å². The van der Waals surface area contributed by atoms with Gasteiger partial charge in [-0.25, -0.2) is 8.42 Å². The molecule has 1 N–H and O–H groups in total. The molecule has 0 spiro atoms. The van der Waals surface area contributed by atoms with Gasteiger partial charge in [-0.15, -0.1) is 0 Å². The minimum atomic E-state index is -4.15. The highest BCUT2D eigenvalue weighted by molar-refractivity contribution is 7.92. The molecule has 0 bridgehead atoms. The number of benzene rings is 3. The molecule has 3 aromatic rings. The highest BCUT2D eigenvalue weighted by atomic mass is 35.5. The molecular formula is C28H31Cl2N3O4S. The van der Waals surface area contributed by atoms with Gasteiger partial charge >= 0.3 is 0 Å². The van der Waals surface area contributed by atoms with E-state index in [1.807, 2.05) is 13.8 Å². The topological polar surface area (TPSA) is 86.8 Å². The van der Waals surface area contributed by atoms with Crippen LogP contribution in [-0.2, 0) is 26.2 Å². The number of amides is 2. The smallest absolute Gasteiger partial charge is 0.264 e. The van der Waals surface area contributed by atoms with Gasteiger partial charge in [-0.3, -0.25) is 13.9 Å². The molecule has 2 amide bonds. The zero-order valence-electron chi connectivity index (χ0n) is 21.3. The van der Waals surface area contributed by atoms with Gasteiger partial charge in [0.05, 0.1) is 10.6 Å². The molecule has 1 atom stereocenters. The molecule has 0 aromatic heterocycles. The Balaban J connectivity index is 2.03. The van der Waals surface area contributed by atoms with Crippen molar-refractivity contribution in [2.24, 2.45) is 0 Å². The Morgan fingerprint density at radius 2 is 1.53 bits per heavy atom. The predicted molar refractivity (Wildman–Crippen MR) is 152 cm³/mol. The quantitative estimate of drug-likeness (QED) is 0.308. The molecule has 0 heterocycles. The van der Waals surface area contributed by atoms with Crippen molar-refractivity contribution in [3.63, 3.8) is 0 Å². The van der Waals surface area contributed by atoms with Crippen molar-refractivity contribution in [2.45, 2.75) is 44.2 Å². The van der Waals surface area contributed by atoms with Crippen molar-refractivity contribution in [1.29, 1.82) is 0 Å². The SMILES string of the molecule is CCCNC(=O)C(CC)N(Cc1ccccc1Cl)C(=O)CN(c1ccccc1)S(=O)(=O)c1ccc(Cl)cc1. The zero-order valence-corrected chi connectivity index (χ0v) is 23.6. The first kappa shape index (κ1) is 29.5. The van der Waals surface area contributed by atoms with Gasteiger partial charge < -0.3 is 10.2 Å². The summed E-state index contributed by atoms with van der Waals surface area (Å²) in [6.07, 6.45) is 1.07. The summed E-state index contributed by atoms with van der Waals surface area (Å²) in [6, 6.07) is 20.4. The molecular weight excluding hydrogens is 545 g/mol. The van der Waals surface area contributed by atoms with E-state index in [1.165, 1.54) is 29.2 Å². The lowest BCUT2D eigenvalue weighted by Crippen LogP contribution is -2.52. The first-order valence-corrected chi connectivity index (χ1v) is 14.5. The second kappa shape index (κ2) is 13.6. The Labute approximate surface area is 234 Å². The highest BCUT2D eigenvalue weighted by Gasteiger charge is 2.33. The van der Waals surface area contributed by atoms with Crippen LogP contribution in [0.4, 0.5) is 5.69 Å². The predicted octanol–water partition coefficient (Wildman–Crippen LogP) is 5.52. The lowest BCUT2D eigenvalue weighted by atomic mass is 10.1. The van der Waals surface area contributed by atoms with Crippen molar-refractivity contribution in [3.05, 3.63) is 94.5 Å². The van der Waals surface area contributed by atoms with Gasteiger partial charge in [0.2, 0.25) is 11.8 Å². The Morgan fingerprint density at radius 3 is 2.13 bits per heavy atom. The second-order valence-corrected chi connectivity index (χ2v) is 11.3. The van der Waals surface area contributed by atoms with Crippen LogP contribution >= 0.6 is 23.2 Å². The van der Waals surface area contributed by atoms with Gasteiger partial charge in [-0.1, -0.05) is 73.4 Å². The number of rotatable bonds is 12. The summed E-state index contributed by atoms with van der Waals surface area (Å²) in [5.41, 5.74) is 0.966. The normalized spacial score (nSPS) is 12.0. The Morgan fingerprint density at radius 1 is 0.895 bits per heavy atom. The summed E-state index contributed by atoms with van der Waals surface area (Å²) in [5, 5.41) is 3.69. The molecule has 0 saturated heterocycles. The molecule has 202 valence electrons. The largest absolute Gasteiger partial charge is 0.354 e. The second-order valence-electron chi connectivity index (χ2n) is 8.63. The number of halogens is 2. The van der Waals surface area contributed by atoms with Gasteiger partial charge in [0.1, 0.15) is 12.6 Å². The molecule has 3 rings (SSSR count). The zero-order chi connectivity index (χ0) is 27.7. The van der Waals surface area contributed by atoms with Gasteiger partial charge in [0, 0.05) is 23.1 Å². The first-order valence-electron chi connectivity index (χ1n) is 12.3. The van der Waals surface area contributed by atoms with Crippen LogP contribution in [0.3, 0.4) is 0 Å². The van der Waals surface area contributed by atoms with E-state index in [-0.39, 0.29) is 17.3 Å². The minimum absolute atomic E-state index is 0.0102. The third-order valence-electron chi connectivity index (χ3n) is 5.96. The van der Waals surface area contributed by atoms with Crippen LogP contribution in [0.15, 0.2) is 83.8 Å². The minimum Gasteiger partial charge on any atom is -0.354 e. The van der Waals surface area contributed by atoms with Crippen LogP contribution in [0.2, 0.25) is 10.0 Å². The maximum Gasteiger partial charge on any atom is 0.264 e. The number of carbonyl (C=O) groups is 2. The van der Waals surface area contributed by atoms with E-state index in [0.717, 1.165) is 10.7 Å². The molecule has 0 aliphatic carbocycles. The van der Waals surface area contributed by atoms with Gasteiger partial charge in [0.25, 0.3) is 10.0 Å². The lowest BCUT2D eigenvalue weighted by molar-refractivity contribution is -0.140. The van der Waals surface area contributed by atoms with E-state index in [2.05, 4.69) is 5.32 Å². The number of sulfonamides is 1. The third-order valence-corrected chi connectivity index (χ3v) is 8.37. The molecule has 38 heavy (non-hydrogen) atoms. The maximum atomic E-state index is 13.9. The van der Waals surface area contributed by atoms with E-state index < -0.39 is 28.5 Å². The molecule has 10 heteroatoms. The van der Waals surface area contributed by atoms with Crippen LogP contribution in [0, 0.1) is 0 Å². The van der Waals surface area contributed by atoms with E-state index in [9.17, 15) is 18.0 Å². The van der Waals surface area contributed by atoms with Crippen molar-refractivity contribution in [1.82, 2.24) is 10.2 Å². The number of para-hydroxylation sites is 1. The fourth-order valence-corrected chi connectivity index (χ4v) is 5.69. The van der Waals surface area contributed by atoms with Crippen LogP contribution in [0.5, 0.6) is 0 Å². The van der Waals surface area contributed by atoms with Crippen molar-refractivity contribution in [2.75, 3.05) is 17.4 Å². The molecule has 0 radical (unpaired) electrons. The van der Waals surface area contributed by atoms with E-state index in [1.54, 1.807) is 54.6 Å². The molecule has 0 aliphatic heterocycles. The van der Waals surface area contributed by atoms with E-state index in [4.69, 9.17) is 23.2 Å². The van der Waals surface area contributed by atoms with Gasteiger partial charge in [0.15, 0.2) is 0 Å². The van der Waals surface area contributed by atoms with Crippen LogP contribution in [0.1, 0.15) is 32.3 Å². The number of hydrogen-bond donors (Lipinski definition) is 1. The average molecular weight is 577 g/mol. The summed E-state index contributed by atoms with van der Waals surface area (Å²) < 4.78 is 28.5. The van der Waals surface area contributed by atoms with Crippen LogP contribution in [0.25, 0.3) is 0 Å². The number of nitrogens with one attached hydrogen (secondary N) is 1. The summed E-state index contributed by atoms with van der Waals surface area (Å²) in [6.45, 7) is 3.73. The monoisotopic (exact) mass is 575 g/mol. The Bertz CT molecular complexity index is 1340. The summed E-state index contributed by atoms with van der Waals surface area (Å²) in [4.78, 5) is 28.4. The molecule has 3 aromatic carbocycles. The molecule has 0 saturated carbocycles. The number of anilines is 1. The first-order chi connectivity index (χ1) is 18.2. The van der Waals surface area contributed by atoms with Crippen molar-refractivity contribution in [3.8, 4) is 0 Å². The number of carbonyl (C=O) groups excluding carboxylic acids is 2. The number of nitrogens with zero attached hydrogens (tertiary/aromatic N) is 2. The molecule has 0 aliphatic rings. The van der Waals surface area contributed by atoms with Crippen LogP contribution in [-0.4, -0.2) is 44.3 Å². The average Bonchev–Trinajstić information content (AvgIpc) is 2.92. The molecule has 0 fully saturated rings. The fraction of sp³-hybridized carbons (Fsp3) is 0.286. The highest BCUT2D eigenvalue weighted by Crippen LogP contribution is 2.26. The summed E-state index contributed by atoms with van der Waals surface area (Å²) in [5.74, 6) is -0.841. The Hall–Kier alpha value is -3.07. The standard InChI is InChI=1S/C28H31Cl2N3O4S/c1-3-18-31-28(35)26(4-2)32(19-21-10-8-9-13-25(21)30)27(34)20-33(23-11-6-5-7-12-23)38(36,37)24-16-14-22(29)15-17-24/h5-17,26H,3-4,18-20H2,1-2H3,(H,31,35). The van der Waals surface area contributed by atoms with E-state index in [0.29, 0.717) is 34.3 Å². The van der Waals surface area contributed by atoms with Crippen molar-refractivity contribution >= 4 is 50.7 Å². The Kier molecular flexibility index (Phi) is 10.6. The van der Waals surface area contributed by atoms with Gasteiger partial charge in [-0.2, -0.15) is 0 Å². The van der Waals surface area contributed by atoms with Crippen molar-refractivity contribution < 1.29 is 18.0 Å².